The maximum atomic E-state index is 6.40. The molecule has 2 atom stereocenters. The summed E-state index contributed by atoms with van der Waals surface area (Å²) in [5.74, 6) is 3.36. The number of hydrogen-bond donors (Lipinski definition) is 0. The average Bonchev–Trinajstić information content (AvgIpc) is 3.30. The van der Waals surface area contributed by atoms with Crippen LogP contribution in [0.3, 0.4) is 0 Å². The first-order valence-corrected chi connectivity index (χ1v) is 13.0. The lowest BCUT2D eigenvalue weighted by Crippen LogP contribution is -2.36. The zero-order valence-electron chi connectivity index (χ0n) is 20.0. The fourth-order valence-electron chi connectivity index (χ4n) is 6.55. The second-order valence-electron chi connectivity index (χ2n) is 11.4. The standard InChI is InChI=1S/C26H46O4/c1-19(2)21-5-11-25(12-6-21)15-9-23(29-25)27-17-18-28-24-10-16-26(30-24)13-7-22(8-14-26)20(3)4/h19-24H,5-18H2,1-4H3. The van der Waals surface area contributed by atoms with Gasteiger partial charge in [0.1, 0.15) is 0 Å². The van der Waals surface area contributed by atoms with Crippen LogP contribution in [0.25, 0.3) is 0 Å². The molecule has 0 N–H and O–H groups in total. The third-order valence-corrected chi connectivity index (χ3v) is 8.89. The Morgan fingerprint density at radius 2 is 0.933 bits per heavy atom. The molecule has 0 aromatic carbocycles. The highest BCUT2D eigenvalue weighted by Crippen LogP contribution is 2.46. The van der Waals surface area contributed by atoms with Crippen molar-refractivity contribution in [3.8, 4) is 0 Å². The molecule has 0 bridgehead atoms. The highest BCUT2D eigenvalue weighted by molar-refractivity contribution is 4.93. The second-order valence-corrected chi connectivity index (χ2v) is 11.4. The summed E-state index contributed by atoms with van der Waals surface area (Å²) in [5, 5.41) is 0. The van der Waals surface area contributed by atoms with Crippen LogP contribution in [-0.4, -0.2) is 37.0 Å². The third-order valence-electron chi connectivity index (χ3n) is 8.89. The Bertz CT molecular complexity index is 481. The van der Waals surface area contributed by atoms with Crippen molar-refractivity contribution in [3.63, 3.8) is 0 Å². The molecule has 4 fully saturated rings. The SMILES string of the molecule is CC(C)C1CCC2(CCC(OCCOC3CCC4(CCC(C(C)C)CC4)O3)O2)CC1. The van der Waals surface area contributed by atoms with E-state index in [0.717, 1.165) is 49.4 Å². The predicted octanol–water partition coefficient (Wildman–Crippen LogP) is 6.46. The van der Waals surface area contributed by atoms with Crippen molar-refractivity contribution in [2.45, 2.75) is 129 Å². The maximum absolute atomic E-state index is 6.40. The lowest BCUT2D eigenvalue weighted by Gasteiger charge is -2.38. The van der Waals surface area contributed by atoms with E-state index in [2.05, 4.69) is 27.7 Å². The molecule has 4 nitrogen and oxygen atoms in total. The van der Waals surface area contributed by atoms with Crippen LogP contribution in [0.15, 0.2) is 0 Å². The molecule has 0 aromatic rings. The maximum Gasteiger partial charge on any atom is 0.158 e. The van der Waals surface area contributed by atoms with Crippen LogP contribution in [0.4, 0.5) is 0 Å². The van der Waals surface area contributed by atoms with Gasteiger partial charge in [0.05, 0.1) is 24.4 Å². The van der Waals surface area contributed by atoms with Crippen molar-refractivity contribution in [3.05, 3.63) is 0 Å². The number of rotatable bonds is 7. The van der Waals surface area contributed by atoms with Gasteiger partial charge in [-0.15, -0.1) is 0 Å². The Hall–Kier alpha value is -0.160. The van der Waals surface area contributed by atoms with Crippen LogP contribution in [0, 0.1) is 23.7 Å². The van der Waals surface area contributed by atoms with Crippen LogP contribution in [0.1, 0.15) is 105 Å². The zero-order valence-corrected chi connectivity index (χ0v) is 20.0. The summed E-state index contributed by atoms with van der Waals surface area (Å²) in [7, 11) is 0. The first kappa shape index (κ1) is 23.0. The van der Waals surface area contributed by atoms with Gasteiger partial charge >= 0.3 is 0 Å². The van der Waals surface area contributed by atoms with E-state index in [9.17, 15) is 0 Å². The summed E-state index contributed by atoms with van der Waals surface area (Å²) in [4.78, 5) is 0. The highest BCUT2D eigenvalue weighted by atomic mass is 16.7. The van der Waals surface area contributed by atoms with Gasteiger partial charge in [-0.25, -0.2) is 0 Å². The van der Waals surface area contributed by atoms with E-state index < -0.39 is 0 Å². The monoisotopic (exact) mass is 422 g/mol. The Kier molecular flexibility index (Phi) is 7.49. The van der Waals surface area contributed by atoms with Crippen molar-refractivity contribution in [1.82, 2.24) is 0 Å². The Labute approximate surface area is 184 Å². The quantitative estimate of drug-likeness (QED) is 0.441. The van der Waals surface area contributed by atoms with E-state index in [-0.39, 0.29) is 23.8 Å². The second kappa shape index (κ2) is 9.77. The molecule has 30 heavy (non-hydrogen) atoms. The predicted molar refractivity (Wildman–Crippen MR) is 119 cm³/mol. The van der Waals surface area contributed by atoms with Gasteiger partial charge in [-0.2, -0.15) is 0 Å². The molecule has 2 heterocycles. The number of ether oxygens (including phenoxy) is 4. The van der Waals surface area contributed by atoms with Crippen molar-refractivity contribution in [2.75, 3.05) is 13.2 Å². The van der Waals surface area contributed by atoms with Crippen LogP contribution < -0.4 is 0 Å². The van der Waals surface area contributed by atoms with E-state index in [1.807, 2.05) is 0 Å². The first-order valence-electron chi connectivity index (χ1n) is 13.0. The summed E-state index contributed by atoms with van der Waals surface area (Å²) >= 11 is 0. The Balaban J connectivity index is 1.10. The van der Waals surface area contributed by atoms with E-state index in [1.54, 1.807) is 0 Å². The molecule has 174 valence electrons. The molecule has 4 heteroatoms. The number of hydrogen-bond acceptors (Lipinski definition) is 4. The normalized spacial score (nSPS) is 42.2. The molecule has 2 unspecified atom stereocenters. The van der Waals surface area contributed by atoms with Crippen LogP contribution >= 0.6 is 0 Å². The van der Waals surface area contributed by atoms with Crippen LogP contribution in [0.2, 0.25) is 0 Å². The fourth-order valence-corrected chi connectivity index (χ4v) is 6.55. The Morgan fingerprint density at radius 3 is 1.27 bits per heavy atom. The van der Waals surface area contributed by atoms with Crippen LogP contribution in [0.5, 0.6) is 0 Å². The summed E-state index contributed by atoms with van der Waals surface area (Å²) < 4.78 is 24.9. The van der Waals surface area contributed by atoms with Crippen molar-refractivity contribution in [2.24, 2.45) is 23.7 Å². The van der Waals surface area contributed by atoms with Gasteiger partial charge in [-0.05, 0) is 87.9 Å². The first-order chi connectivity index (χ1) is 14.4. The van der Waals surface area contributed by atoms with Crippen LogP contribution in [-0.2, 0) is 18.9 Å². The van der Waals surface area contributed by atoms with Gasteiger partial charge in [0.25, 0.3) is 0 Å². The van der Waals surface area contributed by atoms with Gasteiger partial charge in [-0.1, -0.05) is 27.7 Å². The molecule has 4 rings (SSSR count). The minimum atomic E-state index is -0.0358. The molecule has 4 aliphatic rings. The van der Waals surface area contributed by atoms with Crippen molar-refractivity contribution in [1.29, 1.82) is 0 Å². The van der Waals surface area contributed by atoms with Crippen molar-refractivity contribution < 1.29 is 18.9 Å². The molecular weight excluding hydrogens is 376 g/mol. The lowest BCUT2D eigenvalue weighted by molar-refractivity contribution is -0.209. The molecule has 2 aliphatic heterocycles. The fraction of sp³-hybridized carbons (Fsp3) is 1.00. The smallest absolute Gasteiger partial charge is 0.158 e. The van der Waals surface area contributed by atoms with E-state index in [1.165, 1.54) is 51.4 Å². The summed E-state index contributed by atoms with van der Waals surface area (Å²) in [6, 6.07) is 0. The van der Waals surface area contributed by atoms with Gasteiger partial charge in [-0.3, -0.25) is 0 Å². The third kappa shape index (κ3) is 5.42. The van der Waals surface area contributed by atoms with E-state index in [0.29, 0.717) is 13.2 Å². The van der Waals surface area contributed by atoms with Crippen molar-refractivity contribution >= 4 is 0 Å². The molecule has 0 radical (unpaired) electrons. The van der Waals surface area contributed by atoms with Gasteiger partial charge in [0.15, 0.2) is 12.6 Å². The largest absolute Gasteiger partial charge is 0.350 e. The molecular formula is C26H46O4. The Morgan fingerprint density at radius 1 is 0.600 bits per heavy atom. The molecule has 2 spiro atoms. The molecule has 2 saturated heterocycles. The van der Waals surface area contributed by atoms with Gasteiger partial charge in [0, 0.05) is 12.8 Å². The topological polar surface area (TPSA) is 36.9 Å². The average molecular weight is 423 g/mol. The highest BCUT2D eigenvalue weighted by Gasteiger charge is 2.45. The zero-order chi connectivity index (χ0) is 21.2. The molecule has 0 amide bonds. The van der Waals surface area contributed by atoms with E-state index in [4.69, 9.17) is 18.9 Å². The summed E-state index contributed by atoms with van der Waals surface area (Å²) in [6.45, 7) is 10.6. The van der Waals surface area contributed by atoms with E-state index >= 15 is 0 Å². The van der Waals surface area contributed by atoms with Gasteiger partial charge in [0.2, 0.25) is 0 Å². The summed E-state index contributed by atoms with van der Waals surface area (Å²) in [6.07, 6.45) is 14.4. The molecule has 0 aromatic heterocycles. The lowest BCUT2D eigenvalue weighted by atomic mass is 9.74. The summed E-state index contributed by atoms with van der Waals surface area (Å²) in [5.41, 5.74) is 0.208. The minimum Gasteiger partial charge on any atom is -0.350 e. The van der Waals surface area contributed by atoms with Gasteiger partial charge < -0.3 is 18.9 Å². The molecule has 2 saturated carbocycles. The minimum absolute atomic E-state index is 0.0358. The molecule has 2 aliphatic carbocycles.